The number of benzene rings is 1. The summed E-state index contributed by atoms with van der Waals surface area (Å²) in [4.78, 5) is 21.7. The first-order chi connectivity index (χ1) is 9.61. The molecule has 0 saturated heterocycles. The van der Waals surface area contributed by atoms with E-state index >= 15 is 0 Å². The summed E-state index contributed by atoms with van der Waals surface area (Å²) in [5.41, 5.74) is 8.30. The van der Waals surface area contributed by atoms with E-state index in [1.807, 2.05) is 18.2 Å². The Morgan fingerprint density at radius 1 is 1.19 bits per heavy atom. The standard InChI is InChI=1S/C16H23NO4/c1-16(2,3)12-6-4-10(5-7-14(18)19)11(8-12)9-13(17)15(20)21/h4,6,8,13H,5,7,9,17H2,1-3H3,(H,18,19)(H,20,21)/t13-/m0/s1. The van der Waals surface area contributed by atoms with Crippen molar-refractivity contribution in [2.75, 3.05) is 0 Å². The number of carboxylic acid groups (broad SMARTS) is 2. The van der Waals surface area contributed by atoms with E-state index in [9.17, 15) is 9.59 Å². The van der Waals surface area contributed by atoms with Gasteiger partial charge in [-0.15, -0.1) is 0 Å². The van der Waals surface area contributed by atoms with E-state index in [-0.39, 0.29) is 18.3 Å². The van der Waals surface area contributed by atoms with Gasteiger partial charge in [-0.1, -0.05) is 39.0 Å². The highest BCUT2D eigenvalue weighted by molar-refractivity contribution is 5.73. The molecule has 1 aromatic rings. The molecule has 0 fully saturated rings. The van der Waals surface area contributed by atoms with Crippen LogP contribution in [-0.2, 0) is 27.8 Å². The van der Waals surface area contributed by atoms with Gasteiger partial charge in [-0.2, -0.15) is 0 Å². The third-order valence-electron chi connectivity index (χ3n) is 3.44. The Morgan fingerprint density at radius 3 is 2.29 bits per heavy atom. The van der Waals surface area contributed by atoms with Gasteiger partial charge in [0.2, 0.25) is 0 Å². The maximum Gasteiger partial charge on any atom is 0.320 e. The largest absolute Gasteiger partial charge is 0.481 e. The minimum atomic E-state index is -1.06. The third kappa shape index (κ3) is 5.19. The summed E-state index contributed by atoms with van der Waals surface area (Å²) in [5.74, 6) is -1.93. The van der Waals surface area contributed by atoms with Gasteiger partial charge < -0.3 is 15.9 Å². The zero-order valence-corrected chi connectivity index (χ0v) is 12.7. The van der Waals surface area contributed by atoms with Crippen molar-refractivity contribution < 1.29 is 19.8 Å². The average molecular weight is 293 g/mol. The highest BCUT2D eigenvalue weighted by Gasteiger charge is 2.19. The molecule has 0 bridgehead atoms. The number of hydrogen-bond donors (Lipinski definition) is 3. The summed E-state index contributed by atoms with van der Waals surface area (Å²) in [7, 11) is 0. The predicted octanol–water partition coefficient (Wildman–Crippen LogP) is 1.96. The molecule has 1 rings (SSSR count). The molecule has 0 radical (unpaired) electrons. The van der Waals surface area contributed by atoms with Crippen LogP contribution in [0, 0.1) is 0 Å². The van der Waals surface area contributed by atoms with Crippen molar-refractivity contribution in [1.29, 1.82) is 0 Å². The smallest absolute Gasteiger partial charge is 0.320 e. The molecule has 1 atom stereocenters. The van der Waals surface area contributed by atoms with Gasteiger partial charge in [-0.25, -0.2) is 0 Å². The lowest BCUT2D eigenvalue weighted by atomic mass is 9.83. The molecule has 0 spiro atoms. The molecule has 0 heterocycles. The normalized spacial score (nSPS) is 13.0. The Hall–Kier alpha value is -1.88. The van der Waals surface area contributed by atoms with Crippen LogP contribution in [0.15, 0.2) is 18.2 Å². The van der Waals surface area contributed by atoms with Crippen molar-refractivity contribution in [2.24, 2.45) is 5.73 Å². The predicted molar refractivity (Wildman–Crippen MR) is 80.4 cm³/mol. The van der Waals surface area contributed by atoms with Crippen molar-refractivity contribution in [3.05, 3.63) is 34.9 Å². The Bertz CT molecular complexity index is 532. The van der Waals surface area contributed by atoms with Gasteiger partial charge in [0.25, 0.3) is 0 Å². The van der Waals surface area contributed by atoms with Gasteiger partial charge in [0.05, 0.1) is 0 Å². The van der Waals surface area contributed by atoms with Crippen LogP contribution in [0.1, 0.15) is 43.9 Å². The van der Waals surface area contributed by atoms with Crippen LogP contribution in [0.5, 0.6) is 0 Å². The van der Waals surface area contributed by atoms with Crippen LogP contribution < -0.4 is 5.73 Å². The van der Waals surface area contributed by atoms with Crippen molar-refractivity contribution in [1.82, 2.24) is 0 Å². The summed E-state index contributed by atoms with van der Waals surface area (Å²) in [6.45, 7) is 6.21. The van der Waals surface area contributed by atoms with Crippen LogP contribution in [-0.4, -0.2) is 28.2 Å². The molecule has 0 aliphatic carbocycles. The molecule has 0 aliphatic heterocycles. The number of aliphatic carboxylic acids is 2. The second-order valence-corrected chi connectivity index (χ2v) is 6.28. The molecule has 0 aromatic heterocycles. The van der Waals surface area contributed by atoms with Gasteiger partial charge >= 0.3 is 11.9 Å². The summed E-state index contributed by atoms with van der Waals surface area (Å²) in [5, 5.41) is 17.8. The Labute approximate surface area is 124 Å². The van der Waals surface area contributed by atoms with E-state index in [0.29, 0.717) is 6.42 Å². The molecule has 0 aliphatic rings. The number of aryl methyl sites for hydroxylation is 1. The zero-order chi connectivity index (χ0) is 16.2. The van der Waals surface area contributed by atoms with E-state index in [1.54, 1.807) is 0 Å². The second kappa shape index (κ2) is 6.72. The maximum absolute atomic E-state index is 10.9. The van der Waals surface area contributed by atoms with Crippen LogP contribution in [0.2, 0.25) is 0 Å². The fourth-order valence-electron chi connectivity index (χ4n) is 2.09. The van der Waals surface area contributed by atoms with Gasteiger partial charge in [0, 0.05) is 6.42 Å². The lowest BCUT2D eigenvalue weighted by Gasteiger charge is -2.22. The van der Waals surface area contributed by atoms with Crippen LogP contribution in [0.4, 0.5) is 0 Å². The fourth-order valence-corrected chi connectivity index (χ4v) is 2.09. The molecule has 21 heavy (non-hydrogen) atoms. The Balaban J connectivity index is 3.11. The lowest BCUT2D eigenvalue weighted by Crippen LogP contribution is -2.32. The topological polar surface area (TPSA) is 101 Å². The number of rotatable bonds is 6. The third-order valence-corrected chi connectivity index (χ3v) is 3.44. The van der Waals surface area contributed by atoms with E-state index in [0.717, 1.165) is 16.7 Å². The molecule has 0 unspecified atom stereocenters. The highest BCUT2D eigenvalue weighted by Crippen LogP contribution is 2.26. The summed E-state index contributed by atoms with van der Waals surface area (Å²) < 4.78 is 0. The van der Waals surface area contributed by atoms with E-state index in [2.05, 4.69) is 20.8 Å². The van der Waals surface area contributed by atoms with Gasteiger partial charge in [0.1, 0.15) is 6.04 Å². The van der Waals surface area contributed by atoms with Crippen LogP contribution in [0.25, 0.3) is 0 Å². The first-order valence-corrected chi connectivity index (χ1v) is 6.93. The highest BCUT2D eigenvalue weighted by atomic mass is 16.4. The van der Waals surface area contributed by atoms with E-state index < -0.39 is 18.0 Å². The van der Waals surface area contributed by atoms with Gasteiger partial charge in [-0.05, 0) is 34.9 Å². The number of carboxylic acids is 2. The number of carbonyl (C=O) groups is 2. The quantitative estimate of drug-likeness (QED) is 0.744. The van der Waals surface area contributed by atoms with Gasteiger partial charge in [0.15, 0.2) is 0 Å². The first kappa shape index (κ1) is 17.2. The van der Waals surface area contributed by atoms with E-state index in [4.69, 9.17) is 15.9 Å². The second-order valence-electron chi connectivity index (χ2n) is 6.28. The molecule has 0 amide bonds. The summed E-state index contributed by atoms with van der Waals surface area (Å²) >= 11 is 0. The van der Waals surface area contributed by atoms with Crippen LogP contribution >= 0.6 is 0 Å². The van der Waals surface area contributed by atoms with Crippen molar-refractivity contribution in [2.45, 2.75) is 51.5 Å². The molecular weight excluding hydrogens is 270 g/mol. The van der Waals surface area contributed by atoms with Crippen LogP contribution in [0.3, 0.4) is 0 Å². The lowest BCUT2D eigenvalue weighted by molar-refractivity contribution is -0.139. The fraction of sp³-hybridized carbons (Fsp3) is 0.500. The number of nitrogens with two attached hydrogens (primary N) is 1. The van der Waals surface area contributed by atoms with Crippen molar-refractivity contribution >= 4 is 11.9 Å². The summed E-state index contributed by atoms with van der Waals surface area (Å²) in [6, 6.07) is 4.81. The Morgan fingerprint density at radius 2 is 1.81 bits per heavy atom. The number of hydrogen-bond acceptors (Lipinski definition) is 3. The van der Waals surface area contributed by atoms with Crippen molar-refractivity contribution in [3.63, 3.8) is 0 Å². The monoisotopic (exact) mass is 293 g/mol. The first-order valence-electron chi connectivity index (χ1n) is 6.93. The maximum atomic E-state index is 10.9. The molecule has 5 heteroatoms. The molecule has 1 aromatic carbocycles. The molecule has 0 saturated carbocycles. The minimum Gasteiger partial charge on any atom is -0.481 e. The van der Waals surface area contributed by atoms with Gasteiger partial charge in [-0.3, -0.25) is 9.59 Å². The van der Waals surface area contributed by atoms with Crippen molar-refractivity contribution in [3.8, 4) is 0 Å². The summed E-state index contributed by atoms with van der Waals surface area (Å²) in [6.07, 6.45) is 0.597. The molecule has 116 valence electrons. The SMILES string of the molecule is CC(C)(C)c1ccc(CCC(=O)O)c(C[C@H](N)C(=O)O)c1. The zero-order valence-electron chi connectivity index (χ0n) is 12.7. The molecule has 5 nitrogen and oxygen atoms in total. The molecule has 4 N–H and O–H groups in total. The molecular formula is C16H23NO4. The van der Waals surface area contributed by atoms with E-state index in [1.165, 1.54) is 0 Å². The average Bonchev–Trinajstić information content (AvgIpc) is 2.35. The minimum absolute atomic E-state index is 0.0180. The Kier molecular flexibility index (Phi) is 5.49.